The Hall–Kier alpha value is -1.61. The fourth-order valence-corrected chi connectivity index (χ4v) is 5.11. The van der Waals surface area contributed by atoms with Gasteiger partial charge in [-0.2, -0.15) is 4.31 Å². The molecule has 0 amide bonds. The summed E-state index contributed by atoms with van der Waals surface area (Å²) in [6.07, 6.45) is 0.944. The predicted molar refractivity (Wildman–Crippen MR) is 102 cm³/mol. The van der Waals surface area contributed by atoms with Crippen molar-refractivity contribution >= 4 is 27.1 Å². The lowest BCUT2D eigenvalue weighted by Gasteiger charge is -2.33. The Kier molecular flexibility index (Phi) is 5.86. The number of carbonyl (C=O) groups excluding carboxylic acids is 1. The highest BCUT2D eigenvalue weighted by Gasteiger charge is 2.28. The highest BCUT2D eigenvalue weighted by molar-refractivity contribution is 7.89. The van der Waals surface area contributed by atoms with E-state index in [1.54, 1.807) is 23.5 Å². The molecule has 0 unspecified atom stereocenters. The van der Waals surface area contributed by atoms with Crippen molar-refractivity contribution in [2.75, 3.05) is 26.2 Å². The smallest absolute Gasteiger partial charge is 0.243 e. The van der Waals surface area contributed by atoms with Gasteiger partial charge in [0, 0.05) is 43.7 Å². The van der Waals surface area contributed by atoms with Gasteiger partial charge >= 0.3 is 0 Å². The number of ketones is 1. The molecule has 0 N–H and O–H groups in total. The second kappa shape index (κ2) is 7.96. The van der Waals surface area contributed by atoms with Crippen LogP contribution in [0.5, 0.6) is 0 Å². The number of piperazine rings is 1. The van der Waals surface area contributed by atoms with Crippen molar-refractivity contribution < 1.29 is 13.2 Å². The van der Waals surface area contributed by atoms with Gasteiger partial charge in [-0.3, -0.25) is 9.69 Å². The zero-order valence-corrected chi connectivity index (χ0v) is 16.6. The van der Waals surface area contributed by atoms with Crippen molar-refractivity contribution in [2.24, 2.45) is 0 Å². The maximum Gasteiger partial charge on any atom is 0.243 e. The number of Topliss-reactive ketones (excluding diaryl/α,β-unsaturated/α-hetero) is 1. The molecule has 2 heterocycles. The van der Waals surface area contributed by atoms with Crippen molar-refractivity contribution in [3.05, 3.63) is 45.9 Å². The summed E-state index contributed by atoms with van der Waals surface area (Å²) in [4.78, 5) is 18.4. The van der Waals surface area contributed by atoms with Gasteiger partial charge in [0.05, 0.1) is 15.6 Å². The first-order valence-corrected chi connectivity index (χ1v) is 11.0. The third kappa shape index (κ3) is 4.20. The predicted octanol–water partition coefficient (Wildman–Crippen LogP) is 2.41. The SMILES string of the molecule is CCc1nc(CN2CCN(S(=O)(=O)c3ccc(C(C)=O)cc3)CC2)cs1. The van der Waals surface area contributed by atoms with E-state index in [4.69, 9.17) is 0 Å². The summed E-state index contributed by atoms with van der Waals surface area (Å²) >= 11 is 1.68. The number of benzene rings is 1. The summed E-state index contributed by atoms with van der Waals surface area (Å²) in [6.45, 7) is 6.61. The molecule has 1 aromatic carbocycles. The van der Waals surface area contributed by atoms with Crippen LogP contribution in [0, 0.1) is 0 Å². The Morgan fingerprint density at radius 2 is 1.81 bits per heavy atom. The number of aromatic nitrogens is 1. The molecule has 26 heavy (non-hydrogen) atoms. The van der Waals surface area contributed by atoms with Crippen molar-refractivity contribution in [1.82, 2.24) is 14.2 Å². The van der Waals surface area contributed by atoms with Crippen LogP contribution in [0.25, 0.3) is 0 Å². The molecule has 0 aliphatic carbocycles. The number of hydrogen-bond acceptors (Lipinski definition) is 6. The number of rotatable bonds is 6. The standard InChI is InChI=1S/C18H23N3O3S2/c1-3-18-19-16(13-25-18)12-20-8-10-21(11-9-20)26(23,24)17-6-4-15(5-7-17)14(2)22/h4-7,13H,3,8-12H2,1-2H3. The van der Waals surface area contributed by atoms with Crippen LogP contribution in [-0.2, 0) is 23.0 Å². The summed E-state index contributed by atoms with van der Waals surface area (Å²) in [6, 6.07) is 6.16. The normalized spacial score (nSPS) is 16.7. The molecule has 0 spiro atoms. The van der Waals surface area contributed by atoms with Crippen molar-refractivity contribution in [2.45, 2.75) is 31.7 Å². The van der Waals surface area contributed by atoms with Crippen molar-refractivity contribution in [3.63, 3.8) is 0 Å². The number of aryl methyl sites for hydroxylation is 1. The molecular weight excluding hydrogens is 370 g/mol. The molecule has 1 aliphatic heterocycles. The molecule has 1 aliphatic rings. The van der Waals surface area contributed by atoms with Crippen LogP contribution < -0.4 is 0 Å². The zero-order valence-electron chi connectivity index (χ0n) is 15.0. The number of nitrogens with zero attached hydrogens (tertiary/aromatic N) is 3. The van der Waals surface area contributed by atoms with E-state index in [0.717, 1.165) is 23.7 Å². The Bertz CT molecular complexity index is 867. The van der Waals surface area contributed by atoms with Gasteiger partial charge in [-0.05, 0) is 25.5 Å². The third-order valence-electron chi connectivity index (χ3n) is 4.52. The maximum atomic E-state index is 12.8. The molecule has 8 heteroatoms. The molecule has 1 aromatic heterocycles. The van der Waals surface area contributed by atoms with Crippen LogP contribution in [0.4, 0.5) is 0 Å². The average Bonchev–Trinajstić information content (AvgIpc) is 3.10. The van der Waals surface area contributed by atoms with Crippen LogP contribution in [0.1, 0.15) is 34.9 Å². The highest BCUT2D eigenvalue weighted by Crippen LogP contribution is 2.20. The van der Waals surface area contributed by atoms with Gasteiger partial charge in [-0.25, -0.2) is 13.4 Å². The Morgan fingerprint density at radius 1 is 1.15 bits per heavy atom. The number of carbonyl (C=O) groups is 1. The van der Waals surface area contributed by atoms with E-state index in [1.165, 1.54) is 23.4 Å². The van der Waals surface area contributed by atoms with E-state index in [2.05, 4.69) is 22.2 Å². The van der Waals surface area contributed by atoms with Gasteiger partial charge in [0.25, 0.3) is 0 Å². The van der Waals surface area contributed by atoms with E-state index < -0.39 is 10.0 Å². The molecule has 0 bridgehead atoms. The van der Waals surface area contributed by atoms with Crippen molar-refractivity contribution in [3.8, 4) is 0 Å². The summed E-state index contributed by atoms with van der Waals surface area (Å²) in [5.41, 5.74) is 1.58. The Labute approximate surface area is 158 Å². The lowest BCUT2D eigenvalue weighted by atomic mass is 10.2. The monoisotopic (exact) mass is 393 g/mol. The van der Waals surface area contributed by atoms with E-state index >= 15 is 0 Å². The van der Waals surface area contributed by atoms with Crippen LogP contribution in [0.3, 0.4) is 0 Å². The highest BCUT2D eigenvalue weighted by atomic mass is 32.2. The molecule has 6 nitrogen and oxygen atoms in total. The molecule has 0 atom stereocenters. The molecule has 140 valence electrons. The van der Waals surface area contributed by atoms with E-state index in [-0.39, 0.29) is 10.7 Å². The summed E-state index contributed by atoms with van der Waals surface area (Å²) in [5.74, 6) is -0.0733. The molecule has 2 aromatic rings. The van der Waals surface area contributed by atoms with Crippen LogP contribution >= 0.6 is 11.3 Å². The quantitative estimate of drug-likeness (QED) is 0.705. The van der Waals surface area contributed by atoms with Gasteiger partial charge < -0.3 is 0 Å². The molecular formula is C18H23N3O3S2. The number of sulfonamides is 1. The van der Waals surface area contributed by atoms with Gasteiger partial charge in [-0.1, -0.05) is 19.1 Å². The summed E-state index contributed by atoms with van der Waals surface area (Å²) < 4.78 is 27.1. The fraction of sp³-hybridized carbons (Fsp3) is 0.444. The minimum absolute atomic E-state index is 0.0733. The van der Waals surface area contributed by atoms with E-state index in [1.807, 2.05) is 0 Å². The third-order valence-corrected chi connectivity index (χ3v) is 7.47. The molecule has 0 saturated carbocycles. The van der Waals surface area contributed by atoms with Crippen LogP contribution in [-0.4, -0.2) is 54.6 Å². The van der Waals surface area contributed by atoms with E-state index in [0.29, 0.717) is 31.7 Å². The fourth-order valence-electron chi connectivity index (χ4n) is 2.95. The first kappa shape index (κ1) is 19.2. The second-order valence-corrected chi connectivity index (χ2v) is 9.23. The summed E-state index contributed by atoms with van der Waals surface area (Å²) in [7, 11) is -3.52. The largest absolute Gasteiger partial charge is 0.295 e. The molecule has 1 fully saturated rings. The molecule has 1 saturated heterocycles. The molecule has 3 rings (SSSR count). The Morgan fingerprint density at radius 3 is 2.35 bits per heavy atom. The lowest BCUT2D eigenvalue weighted by Crippen LogP contribution is -2.48. The van der Waals surface area contributed by atoms with Gasteiger partial charge in [0.2, 0.25) is 10.0 Å². The minimum atomic E-state index is -3.52. The average molecular weight is 394 g/mol. The van der Waals surface area contributed by atoms with Crippen molar-refractivity contribution in [1.29, 1.82) is 0 Å². The zero-order chi connectivity index (χ0) is 18.7. The first-order chi connectivity index (χ1) is 12.4. The molecule has 0 radical (unpaired) electrons. The van der Waals surface area contributed by atoms with Gasteiger partial charge in [0.1, 0.15) is 0 Å². The van der Waals surface area contributed by atoms with Crippen LogP contribution in [0.2, 0.25) is 0 Å². The minimum Gasteiger partial charge on any atom is -0.295 e. The van der Waals surface area contributed by atoms with Gasteiger partial charge in [-0.15, -0.1) is 11.3 Å². The number of hydrogen-bond donors (Lipinski definition) is 0. The Balaban J connectivity index is 1.61. The number of thiazole rings is 1. The summed E-state index contributed by atoms with van der Waals surface area (Å²) in [5, 5.41) is 3.22. The van der Waals surface area contributed by atoms with Crippen LogP contribution in [0.15, 0.2) is 34.5 Å². The van der Waals surface area contributed by atoms with Gasteiger partial charge in [0.15, 0.2) is 5.78 Å². The first-order valence-electron chi connectivity index (χ1n) is 8.67. The topological polar surface area (TPSA) is 70.6 Å². The second-order valence-electron chi connectivity index (χ2n) is 6.35. The van der Waals surface area contributed by atoms with E-state index in [9.17, 15) is 13.2 Å². The lowest BCUT2D eigenvalue weighted by molar-refractivity contribution is 0.101. The maximum absolute atomic E-state index is 12.8.